The number of carbonyl (C=O) groups excluding carboxylic acids is 2. The summed E-state index contributed by atoms with van der Waals surface area (Å²) >= 11 is 0. The number of hydrogen-bond acceptors (Lipinski definition) is 2. The Morgan fingerprint density at radius 2 is 1.80 bits per heavy atom. The summed E-state index contributed by atoms with van der Waals surface area (Å²) in [5.74, 6) is 0.593. The fraction of sp³-hybridized carbons (Fsp3) is 0.875. The Morgan fingerprint density at radius 1 is 1.15 bits per heavy atom. The molecule has 0 bridgehead atoms. The van der Waals surface area contributed by atoms with E-state index in [0.29, 0.717) is 24.9 Å². The first-order valence-corrected chi connectivity index (χ1v) is 8.17. The van der Waals surface area contributed by atoms with Gasteiger partial charge in [0.1, 0.15) is 6.04 Å². The van der Waals surface area contributed by atoms with Gasteiger partial charge in [0.05, 0.1) is 0 Å². The molecule has 0 radical (unpaired) electrons. The molecule has 1 saturated heterocycles. The molecule has 1 N–H and O–H groups in total. The molecule has 1 saturated carbocycles. The number of nitrogens with one attached hydrogen (secondary N) is 1. The van der Waals surface area contributed by atoms with Crippen LogP contribution in [0.1, 0.15) is 65.2 Å². The van der Waals surface area contributed by atoms with E-state index >= 15 is 0 Å². The minimum Gasteiger partial charge on any atom is -0.344 e. The molecule has 114 valence electrons. The summed E-state index contributed by atoms with van der Waals surface area (Å²) in [7, 11) is 0. The lowest BCUT2D eigenvalue weighted by Gasteiger charge is -2.32. The fourth-order valence-corrected chi connectivity index (χ4v) is 3.42. The van der Waals surface area contributed by atoms with E-state index in [1.807, 2.05) is 4.90 Å². The maximum atomic E-state index is 12.7. The first-order valence-electron chi connectivity index (χ1n) is 8.17. The van der Waals surface area contributed by atoms with Gasteiger partial charge in [-0.05, 0) is 25.2 Å². The Kier molecular flexibility index (Phi) is 5.44. The Morgan fingerprint density at radius 3 is 2.40 bits per heavy atom. The summed E-state index contributed by atoms with van der Waals surface area (Å²) in [4.78, 5) is 26.6. The monoisotopic (exact) mass is 280 g/mol. The van der Waals surface area contributed by atoms with Gasteiger partial charge in [-0.15, -0.1) is 0 Å². The molecule has 4 heteroatoms. The molecule has 1 heterocycles. The number of nitrogens with zero attached hydrogens (tertiary/aromatic N) is 1. The summed E-state index contributed by atoms with van der Waals surface area (Å²) < 4.78 is 0. The molecule has 2 rings (SSSR count). The van der Waals surface area contributed by atoms with Crippen molar-refractivity contribution in [2.75, 3.05) is 6.54 Å². The second-order valence-corrected chi connectivity index (χ2v) is 6.68. The van der Waals surface area contributed by atoms with Crippen LogP contribution in [0.5, 0.6) is 0 Å². The van der Waals surface area contributed by atoms with Crippen LogP contribution >= 0.6 is 0 Å². The predicted molar refractivity (Wildman–Crippen MR) is 79.2 cm³/mol. The van der Waals surface area contributed by atoms with Crippen LogP contribution in [-0.2, 0) is 9.59 Å². The minimum absolute atomic E-state index is 0.0279. The fourth-order valence-electron chi connectivity index (χ4n) is 3.42. The van der Waals surface area contributed by atoms with Crippen molar-refractivity contribution in [2.24, 2.45) is 5.92 Å². The van der Waals surface area contributed by atoms with Crippen molar-refractivity contribution in [3.05, 3.63) is 0 Å². The molecule has 1 unspecified atom stereocenters. The van der Waals surface area contributed by atoms with Crippen LogP contribution < -0.4 is 5.32 Å². The number of rotatable bonds is 3. The third-order valence-electron chi connectivity index (χ3n) is 4.47. The van der Waals surface area contributed by atoms with E-state index in [4.69, 9.17) is 0 Å². The van der Waals surface area contributed by atoms with Gasteiger partial charge in [0.2, 0.25) is 11.8 Å². The standard InChI is InChI=1S/C16H28N2O2/c1-12(2)11-14-16(20)18(10-9-15(19)17-14)13-7-5-3-4-6-8-13/h12-14H,3-11H2,1-2H3,(H,17,19). The third-order valence-corrected chi connectivity index (χ3v) is 4.47. The molecule has 0 spiro atoms. The molecule has 4 nitrogen and oxygen atoms in total. The lowest BCUT2D eigenvalue weighted by atomic mass is 10.0. The second kappa shape index (κ2) is 7.09. The van der Waals surface area contributed by atoms with Crippen molar-refractivity contribution < 1.29 is 9.59 Å². The van der Waals surface area contributed by atoms with E-state index in [1.165, 1.54) is 25.7 Å². The Hall–Kier alpha value is -1.06. The highest BCUT2D eigenvalue weighted by Gasteiger charge is 2.34. The van der Waals surface area contributed by atoms with Crippen LogP contribution in [0.15, 0.2) is 0 Å². The predicted octanol–water partition coefficient (Wildman–Crippen LogP) is 2.47. The quantitative estimate of drug-likeness (QED) is 0.807. The van der Waals surface area contributed by atoms with Crippen molar-refractivity contribution in [1.82, 2.24) is 10.2 Å². The Labute approximate surface area is 122 Å². The lowest BCUT2D eigenvalue weighted by molar-refractivity contribution is -0.136. The molecular weight excluding hydrogens is 252 g/mol. The van der Waals surface area contributed by atoms with Gasteiger partial charge in [0, 0.05) is 19.0 Å². The van der Waals surface area contributed by atoms with Gasteiger partial charge < -0.3 is 10.2 Å². The van der Waals surface area contributed by atoms with E-state index in [1.54, 1.807) is 0 Å². The van der Waals surface area contributed by atoms with Gasteiger partial charge in [0.25, 0.3) is 0 Å². The molecule has 2 fully saturated rings. The molecule has 1 aliphatic heterocycles. The average Bonchev–Trinajstić information content (AvgIpc) is 2.71. The molecule has 1 atom stereocenters. The van der Waals surface area contributed by atoms with Gasteiger partial charge in [0.15, 0.2) is 0 Å². The van der Waals surface area contributed by atoms with Crippen LogP contribution in [-0.4, -0.2) is 35.3 Å². The van der Waals surface area contributed by atoms with E-state index in [0.717, 1.165) is 19.3 Å². The van der Waals surface area contributed by atoms with Gasteiger partial charge in [-0.2, -0.15) is 0 Å². The maximum absolute atomic E-state index is 12.7. The highest BCUT2D eigenvalue weighted by Crippen LogP contribution is 2.24. The van der Waals surface area contributed by atoms with Gasteiger partial charge in [-0.3, -0.25) is 9.59 Å². The van der Waals surface area contributed by atoms with Crippen LogP contribution in [0.25, 0.3) is 0 Å². The lowest BCUT2D eigenvalue weighted by Crippen LogP contribution is -2.48. The van der Waals surface area contributed by atoms with Gasteiger partial charge >= 0.3 is 0 Å². The SMILES string of the molecule is CC(C)CC1NC(=O)CCN(C2CCCCCC2)C1=O. The molecule has 0 aromatic carbocycles. The highest BCUT2D eigenvalue weighted by atomic mass is 16.2. The van der Waals surface area contributed by atoms with E-state index in [2.05, 4.69) is 19.2 Å². The van der Waals surface area contributed by atoms with Crippen LogP contribution in [0, 0.1) is 5.92 Å². The minimum atomic E-state index is -0.312. The van der Waals surface area contributed by atoms with Gasteiger partial charge in [-0.25, -0.2) is 0 Å². The van der Waals surface area contributed by atoms with Crippen molar-refractivity contribution in [2.45, 2.75) is 77.3 Å². The average molecular weight is 280 g/mol. The molecule has 1 aliphatic carbocycles. The summed E-state index contributed by atoms with van der Waals surface area (Å²) in [5, 5.41) is 2.91. The van der Waals surface area contributed by atoms with Crippen LogP contribution in [0.4, 0.5) is 0 Å². The molecule has 0 aromatic heterocycles. The topological polar surface area (TPSA) is 49.4 Å². The van der Waals surface area contributed by atoms with E-state index in [-0.39, 0.29) is 17.9 Å². The van der Waals surface area contributed by atoms with Crippen LogP contribution in [0.2, 0.25) is 0 Å². The zero-order valence-corrected chi connectivity index (χ0v) is 12.9. The summed E-state index contributed by atoms with van der Waals surface area (Å²) in [6.45, 7) is 4.80. The van der Waals surface area contributed by atoms with E-state index < -0.39 is 0 Å². The summed E-state index contributed by atoms with van der Waals surface area (Å²) in [6, 6.07) is 0.0422. The van der Waals surface area contributed by atoms with E-state index in [9.17, 15) is 9.59 Å². The summed E-state index contributed by atoms with van der Waals surface area (Å²) in [6.07, 6.45) is 8.40. The second-order valence-electron chi connectivity index (χ2n) is 6.68. The summed E-state index contributed by atoms with van der Waals surface area (Å²) in [5.41, 5.74) is 0. The number of hydrogen-bond donors (Lipinski definition) is 1. The Bertz CT molecular complexity index is 346. The van der Waals surface area contributed by atoms with Crippen LogP contribution in [0.3, 0.4) is 0 Å². The molecule has 20 heavy (non-hydrogen) atoms. The number of amides is 2. The largest absolute Gasteiger partial charge is 0.344 e. The first-order chi connectivity index (χ1) is 9.58. The smallest absolute Gasteiger partial charge is 0.245 e. The normalized spacial score (nSPS) is 26.4. The zero-order chi connectivity index (χ0) is 14.5. The molecule has 2 aliphatic rings. The number of carbonyl (C=O) groups is 2. The molecule has 0 aromatic rings. The van der Waals surface area contributed by atoms with Crippen molar-refractivity contribution in [1.29, 1.82) is 0 Å². The van der Waals surface area contributed by atoms with Crippen molar-refractivity contribution >= 4 is 11.8 Å². The van der Waals surface area contributed by atoms with Crippen molar-refractivity contribution in [3.8, 4) is 0 Å². The maximum Gasteiger partial charge on any atom is 0.245 e. The third kappa shape index (κ3) is 3.97. The highest BCUT2D eigenvalue weighted by molar-refractivity contribution is 5.90. The molecular formula is C16H28N2O2. The molecule has 2 amide bonds. The van der Waals surface area contributed by atoms with Gasteiger partial charge in [-0.1, -0.05) is 39.5 Å². The van der Waals surface area contributed by atoms with Crippen molar-refractivity contribution in [3.63, 3.8) is 0 Å². The first kappa shape index (κ1) is 15.3. The zero-order valence-electron chi connectivity index (χ0n) is 12.9. The Balaban J connectivity index is 2.09.